The first-order valence-corrected chi connectivity index (χ1v) is 9.37. The molecule has 0 radical (unpaired) electrons. The molecule has 8 heteroatoms. The normalized spacial score (nSPS) is 11.5. The first-order chi connectivity index (χ1) is 14.2. The predicted octanol–water partition coefficient (Wildman–Crippen LogP) is 5.52. The molecule has 0 aliphatic rings. The monoisotopic (exact) mass is 419 g/mol. The van der Waals surface area contributed by atoms with E-state index in [1.165, 1.54) is 25.3 Å². The maximum absolute atomic E-state index is 13.2. The molecule has 3 aromatic rings. The molecule has 0 fully saturated rings. The zero-order valence-electron chi connectivity index (χ0n) is 16.4. The Bertz CT molecular complexity index is 1070. The summed E-state index contributed by atoms with van der Waals surface area (Å²) < 4.78 is 48.7. The van der Waals surface area contributed by atoms with E-state index in [9.17, 15) is 22.8 Å². The van der Waals surface area contributed by atoms with Crippen LogP contribution in [0.3, 0.4) is 0 Å². The summed E-state index contributed by atoms with van der Waals surface area (Å²) in [4.78, 5) is 24.5. The second-order valence-corrected chi connectivity index (χ2v) is 6.72. The van der Waals surface area contributed by atoms with Crippen LogP contribution in [-0.4, -0.2) is 25.0 Å². The number of methoxy groups -OCH3 is 1. The van der Waals surface area contributed by atoms with Gasteiger partial charge in [-0.15, -0.1) is 0 Å². The number of benzene rings is 2. The van der Waals surface area contributed by atoms with Crippen molar-refractivity contribution in [3.8, 4) is 5.75 Å². The smallest absolute Gasteiger partial charge is 0.471 e. The summed E-state index contributed by atoms with van der Waals surface area (Å²) in [5, 5.41) is 2.16. The van der Waals surface area contributed by atoms with Crippen LogP contribution in [0.2, 0.25) is 0 Å². The zero-order valence-corrected chi connectivity index (χ0v) is 16.4. The molecule has 5 nitrogen and oxygen atoms in total. The van der Waals surface area contributed by atoms with Crippen LogP contribution in [0.5, 0.6) is 5.75 Å². The van der Waals surface area contributed by atoms with Gasteiger partial charge in [0.15, 0.2) is 5.78 Å². The van der Waals surface area contributed by atoms with E-state index in [2.05, 4.69) is 0 Å². The molecule has 0 aliphatic carbocycles. The van der Waals surface area contributed by atoms with Gasteiger partial charge in [-0.3, -0.25) is 9.59 Å². The Kier molecular flexibility index (Phi) is 6.14. The number of fused-ring (bicyclic) bond motifs is 1. The molecule has 0 atom stereocenters. The summed E-state index contributed by atoms with van der Waals surface area (Å²) >= 11 is 0. The van der Waals surface area contributed by atoms with Gasteiger partial charge in [0.1, 0.15) is 17.1 Å². The summed E-state index contributed by atoms with van der Waals surface area (Å²) in [6, 6.07) is 10.6. The number of halogens is 3. The lowest BCUT2D eigenvalue weighted by molar-refractivity contribution is -0.167. The molecule has 1 amide bonds. The van der Waals surface area contributed by atoms with Crippen molar-refractivity contribution in [2.24, 2.45) is 0 Å². The number of rotatable bonds is 7. The van der Waals surface area contributed by atoms with E-state index >= 15 is 0 Å². The summed E-state index contributed by atoms with van der Waals surface area (Å²) in [7, 11) is 1.51. The van der Waals surface area contributed by atoms with E-state index in [4.69, 9.17) is 9.15 Å². The summed E-state index contributed by atoms with van der Waals surface area (Å²) in [6.45, 7) is 2.00. The van der Waals surface area contributed by atoms with Crippen LogP contribution in [0.15, 0.2) is 46.9 Å². The lowest BCUT2D eigenvalue weighted by Crippen LogP contribution is -2.29. The first-order valence-electron chi connectivity index (χ1n) is 9.37. The van der Waals surface area contributed by atoms with Gasteiger partial charge in [-0.25, -0.2) is 0 Å². The van der Waals surface area contributed by atoms with Crippen molar-refractivity contribution in [3.05, 3.63) is 59.4 Å². The van der Waals surface area contributed by atoms with Crippen LogP contribution in [0, 0.1) is 0 Å². The Morgan fingerprint density at radius 3 is 2.40 bits per heavy atom. The third-order valence-corrected chi connectivity index (χ3v) is 4.61. The molecule has 1 aromatic heterocycles. The lowest BCUT2D eigenvalue weighted by Gasteiger charge is -2.08. The topological polar surface area (TPSA) is 68.5 Å². The minimum atomic E-state index is -5.01. The largest absolute Gasteiger partial charge is 0.497 e. The average molecular weight is 419 g/mol. The van der Waals surface area contributed by atoms with Gasteiger partial charge in [-0.1, -0.05) is 13.3 Å². The molecular formula is C22H20F3NO4. The average Bonchev–Trinajstić information content (AvgIpc) is 3.08. The van der Waals surface area contributed by atoms with Crippen molar-refractivity contribution < 1.29 is 31.9 Å². The number of carbonyl (C=O) groups excluding carboxylic acids is 2. The molecule has 1 N–H and O–H groups in total. The number of nitrogens with one attached hydrogen (secondary N) is 1. The van der Waals surface area contributed by atoms with Crippen molar-refractivity contribution >= 4 is 28.3 Å². The van der Waals surface area contributed by atoms with E-state index < -0.39 is 12.1 Å². The van der Waals surface area contributed by atoms with Crippen LogP contribution < -0.4 is 10.1 Å². The van der Waals surface area contributed by atoms with E-state index in [1.54, 1.807) is 24.3 Å². The Morgan fingerprint density at radius 1 is 1.10 bits per heavy atom. The third-order valence-electron chi connectivity index (χ3n) is 4.61. The van der Waals surface area contributed by atoms with Gasteiger partial charge >= 0.3 is 12.1 Å². The van der Waals surface area contributed by atoms with Crippen molar-refractivity contribution in [2.45, 2.75) is 32.4 Å². The van der Waals surface area contributed by atoms with E-state index in [0.29, 0.717) is 34.5 Å². The molecular weight excluding hydrogens is 399 g/mol. The molecule has 0 unspecified atom stereocenters. The van der Waals surface area contributed by atoms with Gasteiger partial charge < -0.3 is 14.5 Å². The fourth-order valence-electron chi connectivity index (χ4n) is 3.08. The first kappa shape index (κ1) is 21.4. The van der Waals surface area contributed by atoms with Gasteiger partial charge in [-0.2, -0.15) is 13.2 Å². The summed E-state index contributed by atoms with van der Waals surface area (Å²) in [5.74, 6) is -1.35. The number of furan rings is 1. The van der Waals surface area contributed by atoms with Gasteiger partial charge in [-0.05, 0) is 48.9 Å². The molecule has 0 saturated heterocycles. The van der Waals surface area contributed by atoms with E-state index in [-0.39, 0.29) is 17.0 Å². The maximum Gasteiger partial charge on any atom is 0.471 e. The standard InChI is InChI=1S/C22H20F3NO4/c1-3-4-5-18-19(20(27)13-6-9-15(29-2)10-7-13)16-12-14(8-11-17(16)30-18)26-21(28)22(23,24)25/h6-12H,3-5H2,1-2H3,(H,26,28). The molecule has 0 aliphatic heterocycles. The highest BCUT2D eigenvalue weighted by Crippen LogP contribution is 2.32. The number of ether oxygens (including phenoxy) is 1. The quantitative estimate of drug-likeness (QED) is 0.513. The molecule has 3 rings (SSSR count). The number of hydrogen-bond acceptors (Lipinski definition) is 4. The van der Waals surface area contributed by atoms with Crippen LogP contribution >= 0.6 is 0 Å². The predicted molar refractivity (Wildman–Crippen MR) is 106 cm³/mol. The third kappa shape index (κ3) is 4.48. The minimum absolute atomic E-state index is 0.0727. The fraction of sp³-hybridized carbons (Fsp3) is 0.273. The lowest BCUT2D eigenvalue weighted by atomic mass is 9.98. The fourth-order valence-corrected chi connectivity index (χ4v) is 3.08. The highest BCUT2D eigenvalue weighted by Gasteiger charge is 2.38. The molecule has 0 spiro atoms. The number of hydrogen-bond donors (Lipinski definition) is 1. The Morgan fingerprint density at radius 2 is 1.80 bits per heavy atom. The molecule has 158 valence electrons. The minimum Gasteiger partial charge on any atom is -0.497 e. The Balaban J connectivity index is 2.06. The zero-order chi connectivity index (χ0) is 21.9. The highest BCUT2D eigenvalue weighted by molar-refractivity contribution is 6.17. The number of carbonyl (C=O) groups is 2. The van der Waals surface area contributed by atoms with Crippen LogP contribution in [0.1, 0.15) is 41.4 Å². The summed E-state index contributed by atoms with van der Waals surface area (Å²) in [5.41, 5.74) is 0.965. The molecule has 1 heterocycles. The molecule has 0 bridgehead atoms. The summed E-state index contributed by atoms with van der Waals surface area (Å²) in [6.07, 6.45) is -2.85. The molecule has 2 aromatic carbocycles. The van der Waals surface area contributed by atoms with Crippen LogP contribution in [0.25, 0.3) is 11.0 Å². The SMILES string of the molecule is CCCCc1oc2ccc(NC(=O)C(F)(F)F)cc2c1C(=O)c1ccc(OC)cc1. The second-order valence-electron chi connectivity index (χ2n) is 6.72. The second kappa shape index (κ2) is 8.61. The number of anilines is 1. The number of alkyl halides is 3. The molecule has 30 heavy (non-hydrogen) atoms. The van der Waals surface area contributed by atoms with Crippen LogP contribution in [-0.2, 0) is 11.2 Å². The Hall–Kier alpha value is -3.29. The van der Waals surface area contributed by atoms with Crippen molar-refractivity contribution in [3.63, 3.8) is 0 Å². The van der Waals surface area contributed by atoms with Gasteiger partial charge in [0.05, 0.1) is 12.7 Å². The number of ketones is 1. The van der Waals surface area contributed by atoms with Gasteiger partial charge in [0.2, 0.25) is 0 Å². The van der Waals surface area contributed by atoms with Gasteiger partial charge in [0, 0.05) is 23.1 Å². The van der Waals surface area contributed by atoms with Crippen molar-refractivity contribution in [1.29, 1.82) is 0 Å². The van der Waals surface area contributed by atoms with Gasteiger partial charge in [0.25, 0.3) is 0 Å². The van der Waals surface area contributed by atoms with E-state index in [0.717, 1.165) is 12.8 Å². The molecule has 0 saturated carbocycles. The highest BCUT2D eigenvalue weighted by atomic mass is 19.4. The Labute approximate surface area is 170 Å². The maximum atomic E-state index is 13.2. The van der Waals surface area contributed by atoms with Crippen molar-refractivity contribution in [2.75, 3.05) is 12.4 Å². The van der Waals surface area contributed by atoms with Crippen molar-refractivity contribution in [1.82, 2.24) is 0 Å². The van der Waals surface area contributed by atoms with E-state index in [1.807, 2.05) is 12.2 Å². The number of unbranched alkanes of at least 4 members (excludes halogenated alkanes) is 1. The number of aryl methyl sites for hydroxylation is 1. The number of amides is 1. The van der Waals surface area contributed by atoms with Crippen LogP contribution in [0.4, 0.5) is 18.9 Å².